The smallest absolute Gasteiger partial charge is 0.345 e. The van der Waals surface area contributed by atoms with Crippen LogP contribution in [0.2, 0.25) is 0 Å². The summed E-state index contributed by atoms with van der Waals surface area (Å²) in [5, 5.41) is 14.8. The zero-order chi connectivity index (χ0) is 12.5. The zero-order valence-corrected chi connectivity index (χ0v) is 10.8. The molecule has 0 bridgehead atoms. The minimum absolute atomic E-state index is 0.113. The van der Waals surface area contributed by atoms with E-state index >= 15 is 0 Å². The quantitative estimate of drug-likeness (QED) is 0.657. The third kappa shape index (κ3) is 2.55. The number of aromatic nitrogens is 1. The van der Waals surface area contributed by atoms with Crippen LogP contribution < -0.4 is 10.2 Å². The fraction of sp³-hybridized carbons (Fsp3) is 0.700. The van der Waals surface area contributed by atoms with Gasteiger partial charge in [0.15, 0.2) is 5.13 Å². The number of nitro groups is 1. The van der Waals surface area contributed by atoms with Gasteiger partial charge in [-0.15, -0.1) is 0 Å². The van der Waals surface area contributed by atoms with E-state index in [0.717, 1.165) is 42.4 Å². The maximum absolute atomic E-state index is 10.6. The van der Waals surface area contributed by atoms with E-state index in [9.17, 15) is 10.1 Å². The Morgan fingerprint density at radius 2 is 2.24 bits per heavy atom. The van der Waals surface area contributed by atoms with Crippen molar-refractivity contribution in [2.24, 2.45) is 0 Å². The van der Waals surface area contributed by atoms with E-state index in [-0.39, 0.29) is 15.5 Å². The van der Waals surface area contributed by atoms with E-state index in [0.29, 0.717) is 0 Å². The first kappa shape index (κ1) is 12.3. The van der Waals surface area contributed by atoms with Crippen LogP contribution in [0, 0.1) is 10.1 Å². The van der Waals surface area contributed by atoms with Crippen molar-refractivity contribution >= 4 is 21.5 Å². The second-order valence-electron chi connectivity index (χ2n) is 4.54. The van der Waals surface area contributed by atoms with E-state index in [4.69, 9.17) is 0 Å². The first-order valence-corrected chi connectivity index (χ1v) is 6.40. The summed E-state index contributed by atoms with van der Waals surface area (Å²) >= 11 is 1.15. The fourth-order valence-corrected chi connectivity index (χ4v) is 2.71. The molecule has 0 unspecified atom stereocenters. The molecule has 94 valence electrons. The molecule has 1 aromatic rings. The minimum atomic E-state index is -0.386. The summed E-state index contributed by atoms with van der Waals surface area (Å²) in [7, 11) is 1.98. The number of nitrogens with one attached hydrogen (secondary N) is 1. The highest BCUT2D eigenvalue weighted by molar-refractivity contribution is 7.18. The lowest BCUT2D eigenvalue weighted by atomic mass is 9.90. The van der Waals surface area contributed by atoms with Crippen LogP contribution in [0.1, 0.15) is 19.8 Å². The molecule has 0 atom stereocenters. The van der Waals surface area contributed by atoms with Crippen molar-refractivity contribution < 1.29 is 4.92 Å². The maximum atomic E-state index is 10.6. The van der Waals surface area contributed by atoms with E-state index < -0.39 is 0 Å². The van der Waals surface area contributed by atoms with Crippen molar-refractivity contribution in [2.75, 3.05) is 25.0 Å². The van der Waals surface area contributed by atoms with Gasteiger partial charge in [-0.3, -0.25) is 10.1 Å². The van der Waals surface area contributed by atoms with Gasteiger partial charge in [0.25, 0.3) is 0 Å². The van der Waals surface area contributed by atoms with Gasteiger partial charge in [-0.25, -0.2) is 4.98 Å². The molecule has 1 fully saturated rings. The monoisotopic (exact) mass is 256 g/mol. The van der Waals surface area contributed by atoms with Crippen LogP contribution in [-0.4, -0.2) is 35.6 Å². The van der Waals surface area contributed by atoms with E-state index in [2.05, 4.69) is 22.1 Å². The second-order valence-corrected chi connectivity index (χ2v) is 5.52. The number of thiazole rings is 1. The molecule has 17 heavy (non-hydrogen) atoms. The number of hydrogen-bond acceptors (Lipinski definition) is 6. The standard InChI is InChI=1S/C10H16N4O2S/c1-10(11-2)3-5-13(6-4-10)9-12-7-8(17-9)14(15)16/h7,11H,3-6H2,1-2H3. The summed E-state index contributed by atoms with van der Waals surface area (Å²) in [5.74, 6) is 0. The summed E-state index contributed by atoms with van der Waals surface area (Å²) in [6.07, 6.45) is 3.39. The highest BCUT2D eigenvalue weighted by Gasteiger charge is 2.29. The van der Waals surface area contributed by atoms with Gasteiger partial charge in [0.1, 0.15) is 6.20 Å². The van der Waals surface area contributed by atoms with Crippen LogP contribution in [0.15, 0.2) is 6.20 Å². The Morgan fingerprint density at radius 3 is 2.71 bits per heavy atom. The topological polar surface area (TPSA) is 71.3 Å². The molecule has 0 amide bonds. The van der Waals surface area contributed by atoms with Crippen molar-refractivity contribution in [1.29, 1.82) is 0 Å². The van der Waals surface area contributed by atoms with Crippen LogP contribution >= 0.6 is 11.3 Å². The Hall–Kier alpha value is -1.21. The normalized spacial score (nSPS) is 19.3. The lowest BCUT2D eigenvalue weighted by Gasteiger charge is -2.39. The molecule has 0 spiro atoms. The van der Waals surface area contributed by atoms with Crippen LogP contribution in [-0.2, 0) is 0 Å². The van der Waals surface area contributed by atoms with Gasteiger partial charge in [-0.05, 0) is 38.1 Å². The summed E-state index contributed by atoms with van der Waals surface area (Å²) in [5.41, 5.74) is 0.180. The Balaban J connectivity index is 2.03. The van der Waals surface area contributed by atoms with Gasteiger partial charge in [-0.2, -0.15) is 0 Å². The van der Waals surface area contributed by atoms with Gasteiger partial charge >= 0.3 is 5.00 Å². The van der Waals surface area contributed by atoms with Gasteiger partial charge in [-0.1, -0.05) is 0 Å². The van der Waals surface area contributed by atoms with Crippen molar-refractivity contribution in [2.45, 2.75) is 25.3 Å². The van der Waals surface area contributed by atoms with Gasteiger partial charge in [0.05, 0.1) is 4.92 Å². The third-order valence-corrected chi connectivity index (χ3v) is 4.41. The van der Waals surface area contributed by atoms with Crippen LogP contribution in [0.25, 0.3) is 0 Å². The molecule has 0 aromatic carbocycles. The zero-order valence-electron chi connectivity index (χ0n) is 9.97. The number of piperidine rings is 1. The van der Waals surface area contributed by atoms with Crippen molar-refractivity contribution in [3.63, 3.8) is 0 Å². The number of hydrogen-bond donors (Lipinski definition) is 1. The lowest BCUT2D eigenvalue weighted by Crippen LogP contribution is -2.50. The number of rotatable bonds is 3. The van der Waals surface area contributed by atoms with Crippen molar-refractivity contribution in [1.82, 2.24) is 10.3 Å². The van der Waals surface area contributed by atoms with Crippen molar-refractivity contribution in [3.8, 4) is 0 Å². The number of anilines is 1. The van der Waals surface area contributed by atoms with Crippen LogP contribution in [0.3, 0.4) is 0 Å². The summed E-state index contributed by atoms with van der Waals surface area (Å²) in [6.45, 7) is 3.98. The average Bonchev–Trinajstić information content (AvgIpc) is 2.79. The first-order valence-electron chi connectivity index (χ1n) is 5.58. The molecule has 1 aliphatic rings. The molecule has 1 saturated heterocycles. The molecular formula is C10H16N4O2S. The van der Waals surface area contributed by atoms with Crippen LogP contribution in [0.5, 0.6) is 0 Å². The summed E-state index contributed by atoms with van der Waals surface area (Å²) in [4.78, 5) is 16.4. The molecule has 0 radical (unpaired) electrons. The molecule has 1 N–H and O–H groups in total. The predicted octanol–water partition coefficient (Wildman–Crippen LogP) is 1.63. The lowest BCUT2D eigenvalue weighted by molar-refractivity contribution is -0.380. The highest BCUT2D eigenvalue weighted by atomic mass is 32.1. The molecule has 0 aliphatic carbocycles. The maximum Gasteiger partial charge on any atom is 0.345 e. The Bertz CT molecular complexity index is 412. The summed E-state index contributed by atoms with van der Waals surface area (Å²) < 4.78 is 0. The molecule has 2 heterocycles. The second kappa shape index (κ2) is 4.58. The predicted molar refractivity (Wildman–Crippen MR) is 67.7 cm³/mol. The van der Waals surface area contributed by atoms with E-state index in [1.54, 1.807) is 0 Å². The molecular weight excluding hydrogens is 240 g/mol. The molecule has 0 saturated carbocycles. The van der Waals surface area contributed by atoms with Crippen molar-refractivity contribution in [3.05, 3.63) is 16.3 Å². The Kier molecular flexibility index (Phi) is 3.30. The minimum Gasteiger partial charge on any atom is -0.348 e. The largest absolute Gasteiger partial charge is 0.348 e. The first-order chi connectivity index (χ1) is 8.04. The highest BCUT2D eigenvalue weighted by Crippen LogP contribution is 2.31. The summed E-state index contributed by atoms with van der Waals surface area (Å²) in [6, 6.07) is 0. The number of nitrogens with zero attached hydrogens (tertiary/aromatic N) is 3. The van der Waals surface area contributed by atoms with Gasteiger partial charge in [0.2, 0.25) is 0 Å². The van der Waals surface area contributed by atoms with E-state index in [1.807, 2.05) is 7.05 Å². The van der Waals surface area contributed by atoms with Gasteiger partial charge in [0, 0.05) is 18.6 Å². The fourth-order valence-electron chi connectivity index (χ4n) is 1.93. The third-order valence-electron chi connectivity index (χ3n) is 3.40. The van der Waals surface area contributed by atoms with Gasteiger partial charge < -0.3 is 10.2 Å². The molecule has 1 aliphatic heterocycles. The molecule has 2 rings (SSSR count). The molecule has 7 heteroatoms. The molecule has 1 aromatic heterocycles. The van der Waals surface area contributed by atoms with Crippen LogP contribution in [0.4, 0.5) is 10.1 Å². The average molecular weight is 256 g/mol. The Labute approximate surface area is 104 Å². The Morgan fingerprint density at radius 1 is 1.59 bits per heavy atom. The van der Waals surface area contributed by atoms with E-state index in [1.165, 1.54) is 6.20 Å². The SMILES string of the molecule is CNC1(C)CCN(c2ncc([N+](=O)[O-])s2)CC1. The molecule has 6 nitrogen and oxygen atoms in total.